The molecule has 160 valence electrons. The lowest BCUT2D eigenvalue weighted by atomic mass is 9.69. The summed E-state index contributed by atoms with van der Waals surface area (Å²) in [6, 6.07) is 15.8. The highest BCUT2D eigenvalue weighted by atomic mass is 16.5. The highest BCUT2D eigenvalue weighted by Gasteiger charge is 2.29. The number of hydrogen-bond donors (Lipinski definition) is 0. The minimum Gasteiger partial charge on any atom is -0.494 e. The molecule has 0 saturated heterocycles. The lowest BCUT2D eigenvalue weighted by Crippen LogP contribution is -2.26. The third-order valence-corrected chi connectivity index (χ3v) is 7.37. The Morgan fingerprint density at radius 2 is 1.63 bits per heavy atom. The fourth-order valence-electron chi connectivity index (χ4n) is 5.52. The van der Waals surface area contributed by atoms with Crippen LogP contribution in [0.1, 0.15) is 69.9 Å². The van der Waals surface area contributed by atoms with Crippen molar-refractivity contribution in [2.75, 3.05) is 6.61 Å². The van der Waals surface area contributed by atoms with Crippen LogP contribution in [0.3, 0.4) is 0 Å². The summed E-state index contributed by atoms with van der Waals surface area (Å²) in [5, 5.41) is 0. The number of unbranched alkanes of at least 4 members (excludes halogenated alkanes) is 1. The van der Waals surface area contributed by atoms with E-state index in [1.807, 2.05) is 0 Å². The van der Waals surface area contributed by atoms with Crippen LogP contribution in [0.25, 0.3) is 11.1 Å². The number of hydrogen-bond acceptors (Lipinski definition) is 1. The zero-order valence-electron chi connectivity index (χ0n) is 18.9. The van der Waals surface area contributed by atoms with Gasteiger partial charge < -0.3 is 4.74 Å². The fraction of sp³-hybridized carbons (Fsp3) is 0.517. The summed E-state index contributed by atoms with van der Waals surface area (Å²) in [6.07, 6.45) is 16.5. The maximum absolute atomic E-state index is 5.81. The molecule has 0 bridgehead atoms. The molecular weight excluding hydrogens is 364 g/mol. The largest absolute Gasteiger partial charge is 0.494 e. The normalized spacial score (nSPS) is 24.0. The molecular formula is C29H38O. The van der Waals surface area contributed by atoms with Gasteiger partial charge in [0.25, 0.3) is 0 Å². The molecule has 0 aromatic heterocycles. The maximum Gasteiger partial charge on any atom is 0.119 e. The van der Waals surface area contributed by atoms with Crippen LogP contribution < -0.4 is 4.74 Å². The Labute approximate surface area is 183 Å². The Balaban J connectivity index is 1.37. The maximum atomic E-state index is 5.81. The first-order valence-corrected chi connectivity index (χ1v) is 12.2. The van der Waals surface area contributed by atoms with Crippen LogP contribution in [0.5, 0.6) is 5.75 Å². The molecule has 1 heteroatoms. The molecule has 2 aliphatic carbocycles. The van der Waals surface area contributed by atoms with E-state index in [9.17, 15) is 0 Å². The molecule has 2 aliphatic rings. The molecule has 4 rings (SSSR count). The van der Waals surface area contributed by atoms with E-state index in [4.69, 9.17) is 4.74 Å². The highest BCUT2D eigenvalue weighted by Crippen LogP contribution is 2.40. The minimum atomic E-state index is 0.812. The number of fused-ring (bicyclic) bond motifs is 1. The molecule has 1 nitrogen and oxygen atoms in total. The van der Waals surface area contributed by atoms with Crippen LogP contribution in [0.15, 0.2) is 54.6 Å². The van der Waals surface area contributed by atoms with Crippen LogP contribution in [0, 0.1) is 17.8 Å². The SMILES string of the molecule is C/C=C/C1CCC(C2CCc3cc(-c4ccc(OCCCC)cc4)ccc3C2)CC1. The summed E-state index contributed by atoms with van der Waals surface area (Å²) in [6.45, 7) is 5.17. The van der Waals surface area contributed by atoms with E-state index in [1.54, 1.807) is 11.1 Å². The van der Waals surface area contributed by atoms with Crippen molar-refractivity contribution in [2.45, 2.75) is 71.6 Å². The van der Waals surface area contributed by atoms with E-state index in [0.717, 1.165) is 36.5 Å². The smallest absolute Gasteiger partial charge is 0.119 e. The van der Waals surface area contributed by atoms with E-state index in [1.165, 1.54) is 62.5 Å². The molecule has 1 saturated carbocycles. The van der Waals surface area contributed by atoms with Gasteiger partial charge in [-0.15, -0.1) is 0 Å². The van der Waals surface area contributed by atoms with Crippen molar-refractivity contribution >= 4 is 0 Å². The molecule has 0 radical (unpaired) electrons. The molecule has 0 N–H and O–H groups in total. The van der Waals surface area contributed by atoms with Crippen LogP contribution in [0.4, 0.5) is 0 Å². The van der Waals surface area contributed by atoms with Crippen LogP contribution in [-0.4, -0.2) is 6.61 Å². The van der Waals surface area contributed by atoms with Crippen LogP contribution >= 0.6 is 0 Å². The average Bonchev–Trinajstić information content (AvgIpc) is 2.80. The van der Waals surface area contributed by atoms with Gasteiger partial charge in [0, 0.05) is 0 Å². The minimum absolute atomic E-state index is 0.812. The summed E-state index contributed by atoms with van der Waals surface area (Å²) in [5.41, 5.74) is 5.82. The Morgan fingerprint density at radius 3 is 2.37 bits per heavy atom. The number of rotatable bonds is 7. The molecule has 1 unspecified atom stereocenters. The van der Waals surface area contributed by atoms with E-state index in [-0.39, 0.29) is 0 Å². The summed E-state index contributed by atoms with van der Waals surface area (Å²) in [5.74, 6) is 3.67. The van der Waals surface area contributed by atoms with Crippen molar-refractivity contribution in [3.05, 3.63) is 65.7 Å². The zero-order chi connectivity index (χ0) is 20.8. The number of benzene rings is 2. The van der Waals surface area contributed by atoms with Gasteiger partial charge in [-0.05, 0) is 110 Å². The van der Waals surface area contributed by atoms with Gasteiger partial charge in [-0.2, -0.15) is 0 Å². The third kappa shape index (κ3) is 5.17. The lowest BCUT2D eigenvalue weighted by molar-refractivity contribution is 0.206. The van der Waals surface area contributed by atoms with Gasteiger partial charge in [0.2, 0.25) is 0 Å². The molecule has 2 aromatic carbocycles. The first kappa shape index (κ1) is 21.2. The zero-order valence-corrected chi connectivity index (χ0v) is 18.9. The third-order valence-electron chi connectivity index (χ3n) is 7.37. The first-order valence-electron chi connectivity index (χ1n) is 12.2. The second-order valence-electron chi connectivity index (χ2n) is 9.41. The average molecular weight is 403 g/mol. The van der Waals surface area contributed by atoms with Gasteiger partial charge in [-0.1, -0.05) is 55.8 Å². The predicted molar refractivity (Wildman–Crippen MR) is 128 cm³/mol. The van der Waals surface area contributed by atoms with E-state index in [2.05, 4.69) is 68.5 Å². The summed E-state index contributed by atoms with van der Waals surface area (Å²) >= 11 is 0. The summed E-state index contributed by atoms with van der Waals surface area (Å²) in [7, 11) is 0. The topological polar surface area (TPSA) is 9.23 Å². The van der Waals surface area contributed by atoms with Gasteiger partial charge in [0.15, 0.2) is 0 Å². The van der Waals surface area contributed by atoms with Crippen molar-refractivity contribution in [1.82, 2.24) is 0 Å². The lowest BCUT2D eigenvalue weighted by Gasteiger charge is -2.36. The van der Waals surface area contributed by atoms with Crippen molar-refractivity contribution in [3.63, 3.8) is 0 Å². The van der Waals surface area contributed by atoms with E-state index in [0.29, 0.717) is 0 Å². The highest BCUT2D eigenvalue weighted by molar-refractivity contribution is 5.66. The quantitative estimate of drug-likeness (QED) is 0.336. The molecule has 0 spiro atoms. The van der Waals surface area contributed by atoms with Gasteiger partial charge in [0.05, 0.1) is 6.61 Å². The number of allylic oxidation sites excluding steroid dienone is 2. The number of aryl methyl sites for hydroxylation is 1. The second kappa shape index (κ2) is 10.3. The first-order chi connectivity index (χ1) is 14.8. The molecule has 0 amide bonds. The molecule has 2 aromatic rings. The molecule has 1 atom stereocenters. The summed E-state index contributed by atoms with van der Waals surface area (Å²) in [4.78, 5) is 0. The second-order valence-corrected chi connectivity index (χ2v) is 9.41. The van der Waals surface area contributed by atoms with Gasteiger partial charge >= 0.3 is 0 Å². The van der Waals surface area contributed by atoms with Crippen LogP contribution in [0.2, 0.25) is 0 Å². The van der Waals surface area contributed by atoms with Gasteiger partial charge in [-0.25, -0.2) is 0 Å². The fourth-order valence-corrected chi connectivity index (χ4v) is 5.52. The van der Waals surface area contributed by atoms with E-state index < -0.39 is 0 Å². The Bertz CT molecular complexity index is 824. The Morgan fingerprint density at radius 1 is 0.867 bits per heavy atom. The molecule has 0 heterocycles. The molecule has 0 aliphatic heterocycles. The Kier molecular flexibility index (Phi) is 7.31. The Hall–Kier alpha value is -2.02. The van der Waals surface area contributed by atoms with Crippen molar-refractivity contribution in [2.24, 2.45) is 17.8 Å². The monoisotopic (exact) mass is 402 g/mol. The van der Waals surface area contributed by atoms with Crippen molar-refractivity contribution < 1.29 is 4.74 Å². The summed E-state index contributed by atoms with van der Waals surface area (Å²) < 4.78 is 5.81. The molecule has 30 heavy (non-hydrogen) atoms. The molecule has 1 fully saturated rings. The number of ether oxygens (including phenoxy) is 1. The van der Waals surface area contributed by atoms with Gasteiger partial charge in [-0.3, -0.25) is 0 Å². The van der Waals surface area contributed by atoms with E-state index >= 15 is 0 Å². The van der Waals surface area contributed by atoms with Gasteiger partial charge in [0.1, 0.15) is 5.75 Å². The predicted octanol–water partition coefficient (Wildman–Crippen LogP) is 8.02. The van der Waals surface area contributed by atoms with Crippen molar-refractivity contribution in [1.29, 1.82) is 0 Å². The van der Waals surface area contributed by atoms with Crippen molar-refractivity contribution in [3.8, 4) is 16.9 Å². The standard InChI is InChI=1S/C29H38O/c1-3-5-19-30-29-17-15-24(16-18-29)26-12-14-27-20-25(11-13-28(27)21-26)23-9-7-22(6-4-2)8-10-23/h4,6,12,14-18,21-23,25H,3,5,7-11,13,19-20H2,1-2H3/b6-4+. The van der Waals surface area contributed by atoms with Crippen LogP contribution in [-0.2, 0) is 12.8 Å².